The predicted molar refractivity (Wildman–Crippen MR) is 141 cm³/mol. The van der Waals surface area contributed by atoms with E-state index in [4.69, 9.17) is 16.3 Å². The molecule has 2 aromatic heterocycles. The number of halogens is 1. The number of hydrogen-bond donors (Lipinski definition) is 1. The third-order valence-corrected chi connectivity index (χ3v) is 8.10. The van der Waals surface area contributed by atoms with E-state index in [1.54, 1.807) is 25.1 Å². The number of nitrogens with zero attached hydrogens (tertiary/aromatic N) is 3. The highest BCUT2D eigenvalue weighted by molar-refractivity contribution is 7.99. The van der Waals surface area contributed by atoms with E-state index in [9.17, 15) is 9.59 Å². The molecular formula is C25H27ClN4O3S2. The molecule has 10 heteroatoms. The van der Waals surface area contributed by atoms with Crippen LogP contribution >= 0.6 is 34.7 Å². The zero-order chi connectivity index (χ0) is 24.9. The number of benzene rings is 1. The zero-order valence-corrected chi connectivity index (χ0v) is 22.1. The van der Waals surface area contributed by atoms with Crippen molar-refractivity contribution in [3.8, 4) is 11.4 Å². The van der Waals surface area contributed by atoms with E-state index in [0.717, 1.165) is 35.3 Å². The van der Waals surface area contributed by atoms with Gasteiger partial charge in [-0.15, -0.1) is 28.1 Å². The number of rotatable bonds is 9. The maximum Gasteiger partial charge on any atom is 0.341 e. The van der Waals surface area contributed by atoms with Crippen molar-refractivity contribution in [2.24, 2.45) is 5.92 Å². The van der Waals surface area contributed by atoms with Crippen molar-refractivity contribution in [3.63, 3.8) is 0 Å². The molecule has 0 fully saturated rings. The van der Waals surface area contributed by atoms with Crippen LogP contribution in [0.2, 0.25) is 5.02 Å². The Kier molecular flexibility index (Phi) is 8.30. The van der Waals surface area contributed by atoms with Crippen molar-refractivity contribution in [2.75, 3.05) is 17.7 Å². The van der Waals surface area contributed by atoms with Crippen LogP contribution in [0.4, 0.5) is 5.00 Å². The van der Waals surface area contributed by atoms with Crippen LogP contribution in [0, 0.1) is 5.92 Å². The van der Waals surface area contributed by atoms with E-state index >= 15 is 0 Å². The molecule has 1 aliphatic rings. The Hall–Kier alpha value is -2.62. The number of amides is 1. The molecule has 1 aromatic carbocycles. The molecule has 0 radical (unpaired) electrons. The average molecular weight is 531 g/mol. The topological polar surface area (TPSA) is 86.1 Å². The summed E-state index contributed by atoms with van der Waals surface area (Å²) in [6, 6.07) is 7.35. The van der Waals surface area contributed by atoms with E-state index in [-0.39, 0.29) is 24.2 Å². The Bertz CT molecular complexity index is 1240. The lowest BCUT2D eigenvalue weighted by molar-refractivity contribution is -0.113. The van der Waals surface area contributed by atoms with Crippen LogP contribution in [0.3, 0.4) is 0 Å². The molecule has 1 atom stereocenters. The van der Waals surface area contributed by atoms with Gasteiger partial charge in [-0.2, -0.15) is 0 Å². The minimum atomic E-state index is -0.374. The van der Waals surface area contributed by atoms with Gasteiger partial charge in [0.25, 0.3) is 0 Å². The van der Waals surface area contributed by atoms with Crippen molar-refractivity contribution in [1.82, 2.24) is 14.8 Å². The molecule has 7 nitrogen and oxygen atoms in total. The summed E-state index contributed by atoms with van der Waals surface area (Å²) in [5, 5.41) is 13.4. The fourth-order valence-corrected chi connectivity index (χ4v) is 6.34. The summed E-state index contributed by atoms with van der Waals surface area (Å²) in [5.41, 5.74) is 2.40. The molecule has 184 valence electrons. The Morgan fingerprint density at radius 1 is 1.34 bits per heavy atom. The quantitative estimate of drug-likeness (QED) is 0.211. The summed E-state index contributed by atoms with van der Waals surface area (Å²) in [5.74, 6) is 0.765. The maximum absolute atomic E-state index is 12.9. The van der Waals surface area contributed by atoms with Gasteiger partial charge in [-0.05, 0) is 61.9 Å². The monoisotopic (exact) mass is 530 g/mol. The second kappa shape index (κ2) is 11.4. The highest BCUT2D eigenvalue weighted by atomic mass is 35.5. The number of ether oxygens (including phenoxy) is 1. The third-order valence-electron chi connectivity index (χ3n) is 5.71. The van der Waals surface area contributed by atoms with E-state index in [2.05, 4.69) is 29.0 Å². The number of anilines is 1. The molecule has 0 saturated carbocycles. The van der Waals surface area contributed by atoms with Crippen molar-refractivity contribution >= 4 is 51.6 Å². The Balaban J connectivity index is 1.50. The molecular weight excluding hydrogens is 504 g/mol. The van der Waals surface area contributed by atoms with Gasteiger partial charge in [0.1, 0.15) is 5.00 Å². The molecule has 0 aliphatic heterocycles. The summed E-state index contributed by atoms with van der Waals surface area (Å²) < 4.78 is 7.20. The number of carbonyl (C=O) groups excluding carboxylic acids is 2. The number of nitrogens with one attached hydrogen (secondary N) is 1. The summed E-state index contributed by atoms with van der Waals surface area (Å²) in [4.78, 5) is 26.8. The molecule has 4 rings (SSSR count). The lowest BCUT2D eigenvalue weighted by Crippen LogP contribution is -2.18. The first-order chi connectivity index (χ1) is 16.9. The number of thiophene rings is 1. The summed E-state index contributed by atoms with van der Waals surface area (Å²) in [6.07, 6.45) is 4.52. The van der Waals surface area contributed by atoms with Gasteiger partial charge in [-0.1, -0.05) is 36.4 Å². The minimum Gasteiger partial charge on any atom is -0.462 e. The predicted octanol–water partition coefficient (Wildman–Crippen LogP) is 5.88. The van der Waals surface area contributed by atoms with Crippen molar-refractivity contribution < 1.29 is 14.3 Å². The number of thioether (sulfide) groups is 1. The molecule has 1 unspecified atom stereocenters. The van der Waals surface area contributed by atoms with Crippen molar-refractivity contribution in [3.05, 3.63) is 57.9 Å². The number of aromatic nitrogens is 3. The number of hydrogen-bond acceptors (Lipinski definition) is 7. The van der Waals surface area contributed by atoms with Crippen LogP contribution in [0.15, 0.2) is 42.1 Å². The number of carbonyl (C=O) groups is 2. The van der Waals surface area contributed by atoms with Gasteiger partial charge in [0.05, 0.1) is 17.9 Å². The lowest BCUT2D eigenvalue weighted by atomic mass is 9.88. The van der Waals surface area contributed by atoms with E-state index in [0.29, 0.717) is 39.0 Å². The average Bonchev–Trinajstić information content (AvgIpc) is 3.39. The van der Waals surface area contributed by atoms with Crippen LogP contribution in [0.1, 0.15) is 41.1 Å². The molecule has 2 heterocycles. The minimum absolute atomic E-state index is 0.122. The summed E-state index contributed by atoms with van der Waals surface area (Å²) >= 11 is 8.78. The second-order valence-corrected chi connectivity index (χ2v) is 10.8. The number of allylic oxidation sites excluding steroid dienone is 1. The summed E-state index contributed by atoms with van der Waals surface area (Å²) in [7, 11) is 0. The van der Waals surface area contributed by atoms with E-state index in [1.165, 1.54) is 23.1 Å². The Labute approximate surface area is 217 Å². The van der Waals surface area contributed by atoms with Crippen LogP contribution in [-0.2, 0) is 28.9 Å². The normalized spacial score (nSPS) is 14.9. The smallest absolute Gasteiger partial charge is 0.341 e. The molecule has 35 heavy (non-hydrogen) atoms. The number of esters is 1. The Morgan fingerprint density at radius 2 is 2.11 bits per heavy atom. The molecule has 1 aliphatic carbocycles. The van der Waals surface area contributed by atoms with Crippen LogP contribution in [-0.4, -0.2) is 39.0 Å². The third kappa shape index (κ3) is 5.79. The fraction of sp³-hybridized carbons (Fsp3) is 0.360. The first-order valence-corrected chi connectivity index (χ1v) is 13.6. The van der Waals surface area contributed by atoms with Crippen LogP contribution in [0.25, 0.3) is 11.4 Å². The first-order valence-electron chi connectivity index (χ1n) is 11.5. The van der Waals surface area contributed by atoms with Crippen molar-refractivity contribution in [2.45, 2.75) is 44.8 Å². The highest BCUT2D eigenvalue weighted by Gasteiger charge is 2.29. The van der Waals surface area contributed by atoms with Crippen LogP contribution < -0.4 is 5.32 Å². The molecule has 3 aromatic rings. The fourth-order valence-electron chi connectivity index (χ4n) is 4.05. The standard InChI is InChI=1S/C25H27ClN4O3S2/c1-4-12-30-22(16-7-9-17(26)10-8-16)28-29-25(30)34-14-20(31)27-23-21(24(32)33-5-2)18-11-6-15(3)13-19(18)35-23/h4,7-10,15H,1,5-6,11-14H2,2-3H3,(H,27,31). The van der Waals surface area contributed by atoms with Gasteiger partial charge < -0.3 is 10.1 Å². The molecule has 1 amide bonds. The summed E-state index contributed by atoms with van der Waals surface area (Å²) in [6.45, 7) is 8.60. The van der Waals surface area contributed by atoms with Gasteiger partial charge in [0.2, 0.25) is 5.91 Å². The zero-order valence-electron chi connectivity index (χ0n) is 19.7. The molecule has 0 bridgehead atoms. The van der Waals surface area contributed by atoms with Gasteiger partial charge >= 0.3 is 5.97 Å². The Morgan fingerprint density at radius 3 is 2.83 bits per heavy atom. The first kappa shape index (κ1) is 25.5. The molecule has 1 N–H and O–H groups in total. The van der Waals surface area contributed by atoms with Crippen LogP contribution in [0.5, 0.6) is 0 Å². The van der Waals surface area contributed by atoms with E-state index < -0.39 is 0 Å². The molecule has 0 saturated heterocycles. The molecule has 0 spiro atoms. The van der Waals surface area contributed by atoms with Gasteiger partial charge in [-0.25, -0.2) is 4.79 Å². The van der Waals surface area contributed by atoms with E-state index in [1.807, 2.05) is 16.7 Å². The SMILES string of the molecule is C=CCn1c(SCC(=O)Nc2sc3c(c2C(=O)OCC)CCC(C)C3)nnc1-c1ccc(Cl)cc1. The van der Waals surface area contributed by atoms with Crippen molar-refractivity contribution in [1.29, 1.82) is 0 Å². The number of fused-ring (bicyclic) bond motifs is 1. The second-order valence-electron chi connectivity index (χ2n) is 8.33. The maximum atomic E-state index is 12.9. The largest absolute Gasteiger partial charge is 0.462 e. The highest BCUT2D eigenvalue weighted by Crippen LogP contribution is 2.40. The van der Waals surface area contributed by atoms with Gasteiger partial charge in [-0.3, -0.25) is 9.36 Å². The lowest BCUT2D eigenvalue weighted by Gasteiger charge is -2.18. The van der Waals surface area contributed by atoms with Gasteiger partial charge in [0, 0.05) is 22.0 Å². The van der Waals surface area contributed by atoms with Gasteiger partial charge in [0.15, 0.2) is 11.0 Å².